The van der Waals surface area contributed by atoms with Gasteiger partial charge in [-0.25, -0.2) is 8.42 Å². The number of nitrogens with zero attached hydrogens (tertiary/aromatic N) is 5. The van der Waals surface area contributed by atoms with Gasteiger partial charge in [-0.2, -0.15) is 4.31 Å². The zero-order valence-electron chi connectivity index (χ0n) is 15.9. The molecule has 4 rings (SSSR count). The summed E-state index contributed by atoms with van der Waals surface area (Å²) in [7, 11) is -3.52. The molecule has 1 aliphatic rings. The summed E-state index contributed by atoms with van der Waals surface area (Å²) in [6, 6.07) is 6.62. The summed E-state index contributed by atoms with van der Waals surface area (Å²) in [6.07, 6.45) is 3.53. The van der Waals surface area contributed by atoms with Crippen molar-refractivity contribution in [1.82, 2.24) is 24.7 Å². The molecular weight excluding hydrogens is 414 g/mol. The van der Waals surface area contributed by atoms with E-state index < -0.39 is 10.0 Å². The Morgan fingerprint density at radius 1 is 1.03 bits per heavy atom. The topological polar surface area (TPSA) is 115 Å². The van der Waals surface area contributed by atoms with Gasteiger partial charge >= 0.3 is 0 Å². The van der Waals surface area contributed by atoms with Crippen LogP contribution in [-0.4, -0.2) is 46.2 Å². The summed E-state index contributed by atoms with van der Waals surface area (Å²) in [5.41, 5.74) is 0.563. The van der Waals surface area contributed by atoms with Gasteiger partial charge in [0.2, 0.25) is 27.7 Å². The van der Waals surface area contributed by atoms with Gasteiger partial charge < -0.3 is 8.83 Å². The first-order valence-electron chi connectivity index (χ1n) is 9.44. The molecule has 1 aliphatic heterocycles. The predicted molar refractivity (Wildman–Crippen MR) is 106 cm³/mol. The molecule has 0 amide bonds. The minimum absolute atomic E-state index is 0.238. The highest BCUT2D eigenvalue weighted by atomic mass is 32.2. The van der Waals surface area contributed by atoms with Crippen molar-refractivity contribution in [3.63, 3.8) is 0 Å². The number of hydrogen-bond acceptors (Lipinski definition) is 9. The number of hydrogen-bond donors (Lipinski definition) is 0. The molecule has 0 atom stereocenters. The Morgan fingerprint density at radius 3 is 2.59 bits per heavy atom. The Bertz CT molecular complexity index is 1070. The lowest BCUT2D eigenvalue weighted by Gasteiger charge is -2.25. The maximum absolute atomic E-state index is 12.9. The second-order valence-electron chi connectivity index (χ2n) is 6.60. The van der Waals surface area contributed by atoms with E-state index >= 15 is 0 Å². The maximum Gasteiger partial charge on any atom is 0.277 e. The van der Waals surface area contributed by atoms with Crippen LogP contribution in [0, 0.1) is 0 Å². The highest BCUT2D eigenvalue weighted by molar-refractivity contribution is 7.98. The average Bonchev–Trinajstić information content (AvgIpc) is 3.42. The molecule has 0 N–H and O–H groups in total. The second kappa shape index (κ2) is 8.64. The molecule has 1 saturated heterocycles. The summed E-state index contributed by atoms with van der Waals surface area (Å²) < 4.78 is 38.5. The number of sulfonamides is 1. The van der Waals surface area contributed by atoms with Crippen LogP contribution in [0.5, 0.6) is 0 Å². The molecule has 11 heteroatoms. The molecule has 3 aromatic rings. The van der Waals surface area contributed by atoms with E-state index in [1.165, 1.54) is 11.8 Å². The van der Waals surface area contributed by atoms with Crippen molar-refractivity contribution in [2.45, 2.75) is 48.5 Å². The molecule has 154 valence electrons. The molecular formula is C18H21N5O4S2. The first kappa shape index (κ1) is 20.0. The van der Waals surface area contributed by atoms with E-state index in [2.05, 4.69) is 20.4 Å². The Labute approximate surface area is 173 Å². The minimum atomic E-state index is -3.52. The van der Waals surface area contributed by atoms with Gasteiger partial charge in [-0.05, 0) is 31.0 Å². The Kier molecular flexibility index (Phi) is 5.97. The SMILES string of the molecule is CCc1nnc(CSc2nnc(-c3cccc(S(=O)(=O)N4CCCCC4)c3)o2)o1. The molecule has 0 bridgehead atoms. The summed E-state index contributed by atoms with van der Waals surface area (Å²) in [5.74, 6) is 1.75. The largest absolute Gasteiger partial charge is 0.424 e. The van der Waals surface area contributed by atoms with Gasteiger partial charge in [-0.15, -0.1) is 20.4 Å². The molecule has 0 unspecified atom stereocenters. The Morgan fingerprint density at radius 2 is 1.83 bits per heavy atom. The van der Waals surface area contributed by atoms with Crippen molar-refractivity contribution in [3.8, 4) is 11.5 Å². The quantitative estimate of drug-likeness (QED) is 0.516. The fourth-order valence-corrected chi connectivity index (χ4v) is 5.21. The van der Waals surface area contributed by atoms with Crippen LogP contribution in [0.25, 0.3) is 11.5 Å². The molecule has 1 aromatic carbocycles. The smallest absolute Gasteiger partial charge is 0.277 e. The van der Waals surface area contributed by atoms with Crippen LogP contribution >= 0.6 is 11.8 Å². The van der Waals surface area contributed by atoms with Crippen molar-refractivity contribution in [2.24, 2.45) is 0 Å². The lowest BCUT2D eigenvalue weighted by atomic mass is 10.2. The number of rotatable bonds is 7. The molecule has 0 radical (unpaired) electrons. The van der Waals surface area contributed by atoms with Crippen LogP contribution in [0.3, 0.4) is 0 Å². The van der Waals surface area contributed by atoms with Gasteiger partial charge in [0.1, 0.15) is 0 Å². The van der Waals surface area contributed by atoms with E-state index in [0.29, 0.717) is 47.8 Å². The molecule has 2 aromatic heterocycles. The first-order valence-corrected chi connectivity index (χ1v) is 11.9. The summed E-state index contributed by atoms with van der Waals surface area (Å²) in [5, 5.41) is 16.3. The van der Waals surface area contributed by atoms with Crippen molar-refractivity contribution in [2.75, 3.05) is 13.1 Å². The number of benzene rings is 1. The van der Waals surface area contributed by atoms with Crippen LogP contribution < -0.4 is 0 Å². The molecule has 3 heterocycles. The van der Waals surface area contributed by atoms with Crippen LogP contribution in [0.1, 0.15) is 38.0 Å². The highest BCUT2D eigenvalue weighted by Crippen LogP contribution is 2.28. The lowest BCUT2D eigenvalue weighted by molar-refractivity contribution is 0.346. The molecule has 0 aliphatic carbocycles. The van der Waals surface area contributed by atoms with Gasteiger partial charge in [-0.1, -0.05) is 31.2 Å². The summed E-state index contributed by atoms with van der Waals surface area (Å²) >= 11 is 1.28. The molecule has 29 heavy (non-hydrogen) atoms. The van der Waals surface area contributed by atoms with Crippen molar-refractivity contribution < 1.29 is 17.3 Å². The number of aryl methyl sites for hydroxylation is 1. The van der Waals surface area contributed by atoms with E-state index in [9.17, 15) is 8.42 Å². The lowest BCUT2D eigenvalue weighted by Crippen LogP contribution is -2.35. The van der Waals surface area contributed by atoms with Gasteiger partial charge in [0.05, 0.1) is 10.6 Å². The van der Waals surface area contributed by atoms with Crippen LogP contribution in [0.15, 0.2) is 43.2 Å². The highest BCUT2D eigenvalue weighted by Gasteiger charge is 2.26. The monoisotopic (exact) mass is 435 g/mol. The summed E-state index contributed by atoms with van der Waals surface area (Å²) in [4.78, 5) is 0.238. The van der Waals surface area contributed by atoms with Gasteiger partial charge in [0, 0.05) is 25.1 Å². The number of piperidine rings is 1. The first-order chi connectivity index (χ1) is 14.1. The second-order valence-corrected chi connectivity index (χ2v) is 9.46. The van der Waals surface area contributed by atoms with E-state index in [4.69, 9.17) is 8.83 Å². The third kappa shape index (κ3) is 4.51. The van der Waals surface area contributed by atoms with E-state index in [1.54, 1.807) is 28.6 Å². The number of thioether (sulfide) groups is 1. The van der Waals surface area contributed by atoms with Gasteiger partial charge in [0.15, 0.2) is 0 Å². The fourth-order valence-electron chi connectivity index (χ4n) is 3.04. The predicted octanol–water partition coefficient (Wildman–Crippen LogP) is 3.15. The molecule has 9 nitrogen and oxygen atoms in total. The molecule has 1 fully saturated rings. The van der Waals surface area contributed by atoms with E-state index in [0.717, 1.165) is 19.3 Å². The standard InChI is InChI=1S/C18H21N5O4S2/c1-2-15-19-20-16(26-15)12-28-18-22-21-17(27-18)13-7-6-8-14(11-13)29(24,25)23-9-4-3-5-10-23/h6-8,11H,2-5,9-10,12H2,1H3. The van der Waals surface area contributed by atoms with Crippen LogP contribution in [0.2, 0.25) is 0 Å². The van der Waals surface area contributed by atoms with E-state index in [1.807, 2.05) is 6.92 Å². The van der Waals surface area contributed by atoms with E-state index in [-0.39, 0.29) is 10.8 Å². The van der Waals surface area contributed by atoms with Crippen molar-refractivity contribution >= 4 is 21.8 Å². The Balaban J connectivity index is 1.48. The third-order valence-corrected chi connectivity index (χ3v) is 7.27. The van der Waals surface area contributed by atoms with Crippen LogP contribution in [0.4, 0.5) is 0 Å². The zero-order valence-corrected chi connectivity index (χ0v) is 17.6. The maximum atomic E-state index is 12.9. The van der Waals surface area contributed by atoms with Crippen LogP contribution in [-0.2, 0) is 22.2 Å². The molecule has 0 saturated carbocycles. The fraction of sp³-hybridized carbons (Fsp3) is 0.444. The van der Waals surface area contributed by atoms with Crippen molar-refractivity contribution in [3.05, 3.63) is 36.0 Å². The zero-order chi connectivity index (χ0) is 20.3. The third-order valence-electron chi connectivity index (χ3n) is 4.57. The van der Waals surface area contributed by atoms with Gasteiger partial charge in [-0.3, -0.25) is 0 Å². The average molecular weight is 436 g/mol. The number of aromatic nitrogens is 4. The Hall–Kier alpha value is -2.24. The van der Waals surface area contributed by atoms with Gasteiger partial charge in [0.25, 0.3) is 5.22 Å². The molecule has 0 spiro atoms. The normalized spacial score (nSPS) is 15.6. The minimum Gasteiger partial charge on any atom is -0.424 e. The van der Waals surface area contributed by atoms with Crippen molar-refractivity contribution in [1.29, 1.82) is 0 Å². The summed E-state index contributed by atoms with van der Waals surface area (Å²) in [6.45, 7) is 3.06.